The molecule has 2 amide bonds. The van der Waals surface area contributed by atoms with Gasteiger partial charge in [0.05, 0.1) is 0 Å². The average molecular weight is 381 g/mol. The van der Waals surface area contributed by atoms with Crippen molar-refractivity contribution in [3.8, 4) is 0 Å². The van der Waals surface area contributed by atoms with Crippen LogP contribution in [0.5, 0.6) is 0 Å². The van der Waals surface area contributed by atoms with Crippen molar-refractivity contribution >= 4 is 23.2 Å². The van der Waals surface area contributed by atoms with Crippen molar-refractivity contribution in [2.24, 2.45) is 35.5 Å². The molecule has 0 aromatic heterocycles. The molecule has 150 valence electrons. The zero-order valence-electron chi connectivity index (χ0n) is 16.7. The van der Waals surface area contributed by atoms with Crippen LogP contribution in [0, 0.1) is 35.5 Å². The maximum Gasteiger partial charge on any atom is 0.227 e. The number of benzene rings is 1. The summed E-state index contributed by atoms with van der Waals surface area (Å²) in [6.07, 6.45) is 12.2. The molecule has 4 bridgehead atoms. The summed E-state index contributed by atoms with van der Waals surface area (Å²) in [5, 5.41) is 6.22. The van der Waals surface area contributed by atoms with Gasteiger partial charge in [0.25, 0.3) is 0 Å². The van der Waals surface area contributed by atoms with Gasteiger partial charge in [-0.3, -0.25) is 9.59 Å². The van der Waals surface area contributed by atoms with Crippen molar-refractivity contribution < 1.29 is 9.59 Å². The number of fused-ring (bicyclic) bond motifs is 6. The van der Waals surface area contributed by atoms with Gasteiger partial charge in [0, 0.05) is 23.2 Å². The minimum atomic E-state index is 0.185. The van der Waals surface area contributed by atoms with Crippen LogP contribution < -0.4 is 10.6 Å². The Hall–Kier alpha value is -1.84. The van der Waals surface area contributed by atoms with E-state index in [0.29, 0.717) is 11.8 Å². The first kappa shape index (κ1) is 18.2. The molecule has 0 spiro atoms. The Kier molecular flexibility index (Phi) is 4.90. The van der Waals surface area contributed by atoms with Crippen LogP contribution in [0.3, 0.4) is 0 Å². The lowest BCUT2D eigenvalue weighted by Gasteiger charge is -2.41. The number of anilines is 2. The molecule has 0 saturated heterocycles. The summed E-state index contributed by atoms with van der Waals surface area (Å²) in [4.78, 5) is 25.4. The van der Waals surface area contributed by atoms with Crippen LogP contribution >= 0.6 is 0 Å². The summed E-state index contributed by atoms with van der Waals surface area (Å²) in [6, 6.07) is 7.67. The van der Waals surface area contributed by atoms with Crippen LogP contribution in [-0.4, -0.2) is 11.8 Å². The third-order valence-electron chi connectivity index (χ3n) is 8.19. The lowest BCUT2D eigenvalue weighted by Crippen LogP contribution is -2.38. The molecule has 0 heterocycles. The summed E-state index contributed by atoms with van der Waals surface area (Å²) in [7, 11) is 0. The summed E-state index contributed by atoms with van der Waals surface area (Å²) in [6.45, 7) is 0. The molecule has 6 aliphatic carbocycles. The molecule has 0 aliphatic heterocycles. The monoisotopic (exact) mass is 380 g/mol. The number of rotatable bonds is 4. The zero-order valence-corrected chi connectivity index (χ0v) is 16.7. The second-order valence-electron chi connectivity index (χ2n) is 9.80. The first-order valence-electron chi connectivity index (χ1n) is 11.4. The Bertz CT molecular complexity index is 664. The van der Waals surface area contributed by atoms with Gasteiger partial charge < -0.3 is 10.6 Å². The van der Waals surface area contributed by atoms with E-state index in [1.165, 1.54) is 51.4 Å². The molecule has 6 saturated carbocycles. The van der Waals surface area contributed by atoms with Crippen LogP contribution in [0.1, 0.15) is 64.2 Å². The highest BCUT2D eigenvalue weighted by Gasteiger charge is 2.40. The van der Waals surface area contributed by atoms with Gasteiger partial charge in [0.15, 0.2) is 0 Å². The van der Waals surface area contributed by atoms with E-state index in [1.807, 2.05) is 24.3 Å². The molecular weight excluding hydrogens is 348 g/mol. The minimum Gasteiger partial charge on any atom is -0.326 e. The Balaban J connectivity index is 1.17. The number of hydrogen-bond acceptors (Lipinski definition) is 2. The van der Waals surface area contributed by atoms with E-state index in [0.717, 1.165) is 36.1 Å². The largest absolute Gasteiger partial charge is 0.326 e. The summed E-state index contributed by atoms with van der Waals surface area (Å²) >= 11 is 0. The molecule has 2 unspecified atom stereocenters. The normalized spacial score (nSPS) is 36.1. The number of carbonyl (C=O) groups excluding carboxylic acids is 2. The van der Waals surface area contributed by atoms with Crippen molar-refractivity contribution in [1.29, 1.82) is 0 Å². The van der Waals surface area contributed by atoms with Gasteiger partial charge in [-0.25, -0.2) is 0 Å². The summed E-state index contributed by atoms with van der Waals surface area (Å²) in [5.41, 5.74) is 1.67. The average Bonchev–Trinajstić information content (AvgIpc) is 2.76. The number of nitrogens with one attached hydrogen (secondary N) is 2. The smallest absolute Gasteiger partial charge is 0.227 e. The molecule has 1 aromatic rings. The number of carbonyl (C=O) groups is 2. The standard InChI is InChI=1S/C24H32N2O2/c27-23(21-13-15-1-5-17(21)6-2-15)25-19-9-11-20(12-10-19)26-24(28)22-14-16-3-7-18(22)8-4-16/h9-12,15-18,21-22H,1-8,13-14H2,(H,25,27)(H,26,28). The highest BCUT2D eigenvalue weighted by Crippen LogP contribution is 2.46. The van der Waals surface area contributed by atoms with Gasteiger partial charge in [-0.2, -0.15) is 0 Å². The second kappa shape index (κ2) is 7.53. The Labute approximate surface area is 167 Å². The highest BCUT2D eigenvalue weighted by molar-refractivity contribution is 5.95. The topological polar surface area (TPSA) is 58.2 Å². The van der Waals surface area contributed by atoms with Gasteiger partial charge in [0.2, 0.25) is 11.8 Å². The predicted molar refractivity (Wildman–Crippen MR) is 111 cm³/mol. The SMILES string of the molecule is O=C(Nc1ccc(NC(=O)C2CC3CCC2CC3)cc1)C1CC2CCC1CC2. The maximum absolute atomic E-state index is 12.7. The maximum atomic E-state index is 12.7. The van der Waals surface area contributed by atoms with E-state index in [1.54, 1.807) is 0 Å². The van der Waals surface area contributed by atoms with Crippen molar-refractivity contribution in [2.75, 3.05) is 10.6 Å². The van der Waals surface area contributed by atoms with E-state index in [2.05, 4.69) is 10.6 Å². The molecule has 6 aliphatic rings. The van der Waals surface area contributed by atoms with E-state index in [4.69, 9.17) is 0 Å². The third-order valence-corrected chi connectivity index (χ3v) is 8.19. The molecule has 7 rings (SSSR count). The first-order valence-corrected chi connectivity index (χ1v) is 11.4. The molecular formula is C24H32N2O2. The third kappa shape index (κ3) is 3.58. The van der Waals surface area contributed by atoms with E-state index >= 15 is 0 Å². The molecule has 4 heteroatoms. The fraction of sp³-hybridized carbons (Fsp3) is 0.667. The summed E-state index contributed by atoms with van der Waals surface area (Å²) < 4.78 is 0. The van der Waals surface area contributed by atoms with E-state index in [-0.39, 0.29) is 23.7 Å². The van der Waals surface area contributed by atoms with E-state index in [9.17, 15) is 9.59 Å². The van der Waals surface area contributed by atoms with Crippen molar-refractivity contribution in [2.45, 2.75) is 64.2 Å². The molecule has 4 nitrogen and oxygen atoms in total. The second-order valence-corrected chi connectivity index (χ2v) is 9.80. The van der Waals surface area contributed by atoms with Gasteiger partial charge in [0.1, 0.15) is 0 Å². The number of amides is 2. The van der Waals surface area contributed by atoms with E-state index < -0.39 is 0 Å². The molecule has 2 atom stereocenters. The fourth-order valence-corrected chi connectivity index (χ4v) is 6.50. The Morgan fingerprint density at radius 3 is 1.25 bits per heavy atom. The van der Waals surface area contributed by atoms with Crippen LogP contribution in [0.25, 0.3) is 0 Å². The molecule has 6 fully saturated rings. The van der Waals surface area contributed by atoms with Gasteiger partial charge in [-0.15, -0.1) is 0 Å². The lowest BCUT2D eigenvalue weighted by atomic mass is 9.64. The molecule has 1 aromatic carbocycles. The van der Waals surface area contributed by atoms with Gasteiger partial charge in [-0.1, -0.05) is 25.7 Å². The lowest BCUT2D eigenvalue weighted by molar-refractivity contribution is -0.125. The minimum absolute atomic E-state index is 0.185. The highest BCUT2D eigenvalue weighted by atomic mass is 16.2. The van der Waals surface area contributed by atoms with Gasteiger partial charge in [-0.05, 0) is 86.5 Å². The predicted octanol–water partition coefficient (Wildman–Crippen LogP) is 5.22. The van der Waals surface area contributed by atoms with Crippen LogP contribution in [0.4, 0.5) is 11.4 Å². The Morgan fingerprint density at radius 1 is 0.607 bits per heavy atom. The zero-order chi connectivity index (χ0) is 19.1. The molecule has 2 N–H and O–H groups in total. The van der Waals surface area contributed by atoms with Crippen molar-refractivity contribution in [3.63, 3.8) is 0 Å². The van der Waals surface area contributed by atoms with Gasteiger partial charge >= 0.3 is 0 Å². The molecule has 28 heavy (non-hydrogen) atoms. The van der Waals surface area contributed by atoms with Crippen LogP contribution in [-0.2, 0) is 9.59 Å². The summed E-state index contributed by atoms with van der Waals surface area (Å²) in [5.74, 6) is 3.42. The molecule has 0 radical (unpaired) electrons. The van der Waals surface area contributed by atoms with Crippen LogP contribution in [0.15, 0.2) is 24.3 Å². The number of hydrogen-bond donors (Lipinski definition) is 2. The van der Waals surface area contributed by atoms with Crippen molar-refractivity contribution in [1.82, 2.24) is 0 Å². The quantitative estimate of drug-likeness (QED) is 0.753. The first-order chi connectivity index (χ1) is 13.7. The van der Waals surface area contributed by atoms with Crippen LogP contribution in [0.2, 0.25) is 0 Å². The Morgan fingerprint density at radius 2 is 0.964 bits per heavy atom. The fourth-order valence-electron chi connectivity index (χ4n) is 6.50. The van der Waals surface area contributed by atoms with Crippen molar-refractivity contribution in [3.05, 3.63) is 24.3 Å².